The van der Waals surface area contributed by atoms with Crippen molar-refractivity contribution < 1.29 is 13.6 Å². The minimum atomic E-state index is -0.577. The van der Waals surface area contributed by atoms with E-state index in [9.17, 15) is 13.6 Å². The quantitative estimate of drug-likeness (QED) is 0.855. The summed E-state index contributed by atoms with van der Waals surface area (Å²) in [5.41, 5.74) is 6.19. The SMILES string of the molecule is Nc1cc(C(=O)NCc2ccc(F)c(Cl)c2)ccc1F. The summed E-state index contributed by atoms with van der Waals surface area (Å²) in [6.07, 6.45) is 0. The van der Waals surface area contributed by atoms with E-state index in [0.717, 1.165) is 6.07 Å². The van der Waals surface area contributed by atoms with E-state index in [1.807, 2.05) is 0 Å². The zero-order chi connectivity index (χ0) is 14.7. The third-order valence-corrected chi connectivity index (χ3v) is 2.98. The van der Waals surface area contributed by atoms with Crippen LogP contribution in [0.1, 0.15) is 15.9 Å². The van der Waals surface area contributed by atoms with E-state index in [1.165, 1.54) is 30.3 Å². The summed E-state index contributed by atoms with van der Waals surface area (Å²) in [5.74, 6) is -1.50. The molecule has 3 N–H and O–H groups in total. The average Bonchev–Trinajstić information content (AvgIpc) is 2.43. The van der Waals surface area contributed by atoms with Crippen LogP contribution in [0.25, 0.3) is 0 Å². The molecule has 1 amide bonds. The van der Waals surface area contributed by atoms with Gasteiger partial charge in [0, 0.05) is 12.1 Å². The van der Waals surface area contributed by atoms with Crippen LogP contribution < -0.4 is 11.1 Å². The lowest BCUT2D eigenvalue weighted by Crippen LogP contribution is -2.23. The molecule has 20 heavy (non-hydrogen) atoms. The van der Waals surface area contributed by atoms with Gasteiger partial charge in [0.2, 0.25) is 0 Å². The summed E-state index contributed by atoms with van der Waals surface area (Å²) in [6, 6.07) is 7.87. The van der Waals surface area contributed by atoms with Crippen LogP contribution in [0, 0.1) is 11.6 Å². The van der Waals surface area contributed by atoms with Crippen molar-refractivity contribution in [3.05, 3.63) is 64.2 Å². The lowest BCUT2D eigenvalue weighted by atomic mass is 10.1. The third-order valence-electron chi connectivity index (χ3n) is 2.70. The van der Waals surface area contributed by atoms with Crippen LogP contribution in [0.4, 0.5) is 14.5 Å². The van der Waals surface area contributed by atoms with Gasteiger partial charge in [-0.2, -0.15) is 0 Å². The van der Waals surface area contributed by atoms with E-state index in [0.29, 0.717) is 5.56 Å². The highest BCUT2D eigenvalue weighted by Gasteiger charge is 2.08. The smallest absolute Gasteiger partial charge is 0.251 e. The van der Waals surface area contributed by atoms with Gasteiger partial charge in [0.25, 0.3) is 5.91 Å². The molecule has 0 fully saturated rings. The van der Waals surface area contributed by atoms with Crippen LogP contribution in [0.2, 0.25) is 5.02 Å². The molecule has 0 radical (unpaired) electrons. The van der Waals surface area contributed by atoms with Crippen LogP contribution in [-0.2, 0) is 6.54 Å². The normalized spacial score (nSPS) is 10.3. The summed E-state index contributed by atoms with van der Waals surface area (Å²) in [4.78, 5) is 11.8. The number of benzene rings is 2. The topological polar surface area (TPSA) is 55.1 Å². The number of nitrogen functional groups attached to an aromatic ring is 1. The fourth-order valence-corrected chi connectivity index (χ4v) is 1.82. The molecule has 6 heteroatoms. The second-order valence-corrected chi connectivity index (χ2v) is 4.57. The first kappa shape index (κ1) is 14.3. The van der Waals surface area contributed by atoms with Gasteiger partial charge in [-0.15, -0.1) is 0 Å². The molecule has 2 aromatic carbocycles. The fourth-order valence-electron chi connectivity index (χ4n) is 1.62. The molecule has 0 aliphatic heterocycles. The van der Waals surface area contributed by atoms with Crippen molar-refractivity contribution in [1.29, 1.82) is 0 Å². The predicted molar refractivity (Wildman–Crippen MR) is 73.4 cm³/mol. The third kappa shape index (κ3) is 3.24. The van der Waals surface area contributed by atoms with Gasteiger partial charge >= 0.3 is 0 Å². The number of anilines is 1. The maximum Gasteiger partial charge on any atom is 0.251 e. The number of hydrogen-bond acceptors (Lipinski definition) is 2. The number of halogens is 3. The molecule has 0 aliphatic carbocycles. The molecule has 0 unspecified atom stereocenters. The van der Waals surface area contributed by atoms with Gasteiger partial charge < -0.3 is 11.1 Å². The maximum absolute atomic E-state index is 13.0. The largest absolute Gasteiger partial charge is 0.396 e. The Hall–Kier alpha value is -2.14. The molecule has 104 valence electrons. The van der Waals surface area contributed by atoms with E-state index < -0.39 is 17.5 Å². The van der Waals surface area contributed by atoms with Crippen molar-refractivity contribution in [2.75, 3.05) is 5.73 Å². The van der Waals surface area contributed by atoms with E-state index in [1.54, 1.807) is 0 Å². The van der Waals surface area contributed by atoms with Gasteiger partial charge in [-0.05, 0) is 35.9 Å². The molecule has 2 rings (SSSR count). The molecule has 0 aromatic heterocycles. The first-order chi connectivity index (χ1) is 9.47. The van der Waals surface area contributed by atoms with E-state index in [-0.39, 0.29) is 22.8 Å². The van der Waals surface area contributed by atoms with Crippen LogP contribution >= 0.6 is 11.6 Å². The first-order valence-electron chi connectivity index (χ1n) is 5.74. The molecular formula is C14H11ClF2N2O. The minimum Gasteiger partial charge on any atom is -0.396 e. The summed E-state index contributed by atoms with van der Waals surface area (Å²) < 4.78 is 26.0. The standard InChI is InChI=1S/C14H11ClF2N2O/c15-10-5-8(1-3-11(10)16)7-19-14(20)9-2-4-12(17)13(18)6-9/h1-6H,7,18H2,(H,19,20). The zero-order valence-electron chi connectivity index (χ0n) is 10.3. The van der Waals surface area contributed by atoms with Crippen LogP contribution in [0.5, 0.6) is 0 Å². The molecule has 0 spiro atoms. The number of amides is 1. The summed E-state index contributed by atoms with van der Waals surface area (Å²) in [7, 11) is 0. The van der Waals surface area contributed by atoms with Crippen molar-refractivity contribution in [2.24, 2.45) is 0 Å². The Kier molecular flexibility index (Phi) is 4.20. The Morgan fingerprint density at radius 3 is 2.50 bits per heavy atom. The monoisotopic (exact) mass is 296 g/mol. The number of carbonyl (C=O) groups excluding carboxylic acids is 1. The molecule has 0 saturated heterocycles. The molecule has 3 nitrogen and oxygen atoms in total. The highest BCUT2D eigenvalue weighted by molar-refractivity contribution is 6.30. The zero-order valence-corrected chi connectivity index (χ0v) is 11.0. The van der Waals surface area contributed by atoms with Gasteiger partial charge in [0.05, 0.1) is 10.7 Å². The molecule has 0 heterocycles. The lowest BCUT2D eigenvalue weighted by Gasteiger charge is -2.07. The van der Waals surface area contributed by atoms with Gasteiger partial charge in [-0.25, -0.2) is 8.78 Å². The van der Waals surface area contributed by atoms with Crippen molar-refractivity contribution >= 4 is 23.2 Å². The fraction of sp³-hybridized carbons (Fsp3) is 0.0714. The van der Waals surface area contributed by atoms with Crippen LogP contribution in [0.15, 0.2) is 36.4 Å². The lowest BCUT2D eigenvalue weighted by molar-refractivity contribution is 0.0951. The molecule has 0 aliphatic rings. The van der Waals surface area contributed by atoms with E-state index in [2.05, 4.69) is 5.32 Å². The van der Waals surface area contributed by atoms with Gasteiger partial charge in [0.15, 0.2) is 0 Å². The number of carbonyl (C=O) groups is 1. The Labute approximate surface area is 119 Å². The Balaban J connectivity index is 2.04. The van der Waals surface area contributed by atoms with Crippen LogP contribution in [-0.4, -0.2) is 5.91 Å². The molecule has 0 bridgehead atoms. The molecule has 0 atom stereocenters. The Bertz CT molecular complexity index is 662. The number of nitrogens with two attached hydrogens (primary N) is 1. The van der Waals surface area contributed by atoms with Crippen molar-refractivity contribution in [3.8, 4) is 0 Å². The van der Waals surface area contributed by atoms with Crippen molar-refractivity contribution in [2.45, 2.75) is 6.54 Å². The van der Waals surface area contributed by atoms with Gasteiger partial charge in [-0.1, -0.05) is 17.7 Å². The number of rotatable bonds is 3. The Morgan fingerprint density at radius 1 is 1.15 bits per heavy atom. The van der Waals surface area contributed by atoms with Crippen molar-refractivity contribution in [3.63, 3.8) is 0 Å². The minimum absolute atomic E-state index is 0.0113. The number of nitrogens with one attached hydrogen (secondary N) is 1. The molecule has 2 aromatic rings. The van der Waals surface area contributed by atoms with E-state index >= 15 is 0 Å². The predicted octanol–water partition coefficient (Wildman–Crippen LogP) is 3.13. The first-order valence-corrected chi connectivity index (χ1v) is 6.12. The van der Waals surface area contributed by atoms with Crippen LogP contribution in [0.3, 0.4) is 0 Å². The van der Waals surface area contributed by atoms with Gasteiger partial charge in [-0.3, -0.25) is 4.79 Å². The average molecular weight is 297 g/mol. The van der Waals surface area contributed by atoms with Gasteiger partial charge in [0.1, 0.15) is 11.6 Å². The summed E-state index contributed by atoms with van der Waals surface area (Å²) >= 11 is 5.64. The maximum atomic E-state index is 13.0. The summed E-state index contributed by atoms with van der Waals surface area (Å²) in [6.45, 7) is 0.177. The second-order valence-electron chi connectivity index (χ2n) is 4.17. The second kappa shape index (κ2) is 5.88. The highest BCUT2D eigenvalue weighted by Crippen LogP contribution is 2.16. The molecule has 0 saturated carbocycles. The Morgan fingerprint density at radius 2 is 1.85 bits per heavy atom. The summed E-state index contributed by atoms with van der Waals surface area (Å²) in [5, 5.41) is 2.60. The highest BCUT2D eigenvalue weighted by atomic mass is 35.5. The molecular weight excluding hydrogens is 286 g/mol. The number of hydrogen-bond donors (Lipinski definition) is 2. The van der Waals surface area contributed by atoms with E-state index in [4.69, 9.17) is 17.3 Å². The van der Waals surface area contributed by atoms with Crippen molar-refractivity contribution in [1.82, 2.24) is 5.32 Å².